The molecule has 2 nitrogen and oxygen atoms in total. The van der Waals surface area contributed by atoms with Crippen LogP contribution < -0.4 is 11.1 Å². The fourth-order valence-electron chi connectivity index (χ4n) is 1.46. The fraction of sp³-hybridized carbons (Fsp3) is 0.455. The van der Waals surface area contributed by atoms with E-state index in [-0.39, 0.29) is 0 Å². The summed E-state index contributed by atoms with van der Waals surface area (Å²) < 4.78 is 36.4. The monoisotopic (exact) mass is 232 g/mol. The zero-order valence-corrected chi connectivity index (χ0v) is 9.23. The molecule has 0 radical (unpaired) electrons. The smallest absolute Gasteiger partial charge is 0.391 e. The predicted octanol–water partition coefficient (Wildman–Crippen LogP) is 3.33. The number of alkyl halides is 3. The number of rotatable bonds is 3. The second-order valence-corrected chi connectivity index (χ2v) is 3.94. The Labute approximate surface area is 92.6 Å². The average Bonchev–Trinajstić information content (AvgIpc) is 2.08. The Morgan fingerprint density at radius 2 is 2.00 bits per heavy atom. The van der Waals surface area contributed by atoms with E-state index in [1.165, 1.54) is 6.92 Å². The van der Waals surface area contributed by atoms with Crippen molar-refractivity contribution in [3.63, 3.8) is 0 Å². The first kappa shape index (κ1) is 12.7. The van der Waals surface area contributed by atoms with Gasteiger partial charge in [-0.25, -0.2) is 0 Å². The van der Waals surface area contributed by atoms with E-state index in [0.717, 1.165) is 5.56 Å². The molecule has 0 aromatic heterocycles. The Balaban J connectivity index is 2.69. The first-order chi connectivity index (χ1) is 7.28. The molecular formula is C11H15F3N2. The molecule has 0 amide bonds. The van der Waals surface area contributed by atoms with Gasteiger partial charge in [0.1, 0.15) is 0 Å². The van der Waals surface area contributed by atoms with Gasteiger partial charge in [-0.1, -0.05) is 6.07 Å². The standard InChI is InChI=1S/C11H15F3N2/c1-7-3-4-9(15)5-10(7)16-8(2)6-11(12,13)14/h3-5,8,16H,6,15H2,1-2H3. The number of hydrogen-bond donors (Lipinski definition) is 2. The topological polar surface area (TPSA) is 38.0 Å². The first-order valence-corrected chi connectivity index (χ1v) is 4.97. The number of nitrogen functional groups attached to an aromatic ring is 1. The van der Waals surface area contributed by atoms with E-state index in [4.69, 9.17) is 5.73 Å². The molecule has 0 heterocycles. The van der Waals surface area contributed by atoms with Gasteiger partial charge in [0, 0.05) is 17.4 Å². The molecule has 5 heteroatoms. The summed E-state index contributed by atoms with van der Waals surface area (Å²) in [4.78, 5) is 0. The van der Waals surface area contributed by atoms with Crippen LogP contribution in [0.2, 0.25) is 0 Å². The second kappa shape index (κ2) is 4.63. The van der Waals surface area contributed by atoms with Crippen LogP contribution in [0.3, 0.4) is 0 Å². The molecule has 0 aliphatic carbocycles. The molecule has 1 aromatic carbocycles. The van der Waals surface area contributed by atoms with Crippen LogP contribution in [-0.2, 0) is 0 Å². The maximum atomic E-state index is 12.1. The summed E-state index contributed by atoms with van der Waals surface area (Å²) >= 11 is 0. The van der Waals surface area contributed by atoms with Gasteiger partial charge >= 0.3 is 6.18 Å². The molecule has 1 atom stereocenters. The number of benzene rings is 1. The maximum Gasteiger partial charge on any atom is 0.391 e. The number of anilines is 2. The van der Waals surface area contributed by atoms with Gasteiger partial charge in [0.05, 0.1) is 6.42 Å². The van der Waals surface area contributed by atoms with E-state index in [1.807, 2.05) is 6.92 Å². The predicted molar refractivity (Wildman–Crippen MR) is 59.3 cm³/mol. The number of nitrogens with two attached hydrogens (primary N) is 1. The van der Waals surface area contributed by atoms with Crippen LogP contribution in [0.5, 0.6) is 0 Å². The summed E-state index contributed by atoms with van der Waals surface area (Å²) in [7, 11) is 0. The van der Waals surface area contributed by atoms with E-state index >= 15 is 0 Å². The highest BCUT2D eigenvalue weighted by molar-refractivity contribution is 5.59. The minimum absolute atomic E-state index is 0.535. The van der Waals surface area contributed by atoms with Crippen molar-refractivity contribution in [3.8, 4) is 0 Å². The van der Waals surface area contributed by atoms with E-state index in [1.54, 1.807) is 18.2 Å². The van der Waals surface area contributed by atoms with E-state index in [2.05, 4.69) is 5.32 Å². The Morgan fingerprint density at radius 3 is 2.56 bits per heavy atom. The molecule has 0 aliphatic heterocycles. The van der Waals surface area contributed by atoms with Crippen molar-refractivity contribution < 1.29 is 13.2 Å². The van der Waals surface area contributed by atoms with Gasteiger partial charge in [0.15, 0.2) is 0 Å². The summed E-state index contributed by atoms with van der Waals surface area (Å²) in [5.74, 6) is 0. The molecular weight excluding hydrogens is 217 g/mol. The second-order valence-electron chi connectivity index (χ2n) is 3.94. The number of nitrogens with one attached hydrogen (secondary N) is 1. The molecule has 0 saturated carbocycles. The third-order valence-electron chi connectivity index (χ3n) is 2.20. The minimum Gasteiger partial charge on any atom is -0.399 e. The van der Waals surface area contributed by atoms with Crippen LogP contribution in [0.15, 0.2) is 18.2 Å². The highest BCUT2D eigenvalue weighted by Gasteiger charge is 2.29. The molecule has 0 spiro atoms. The molecule has 90 valence electrons. The quantitative estimate of drug-likeness (QED) is 0.784. The van der Waals surface area contributed by atoms with Crippen molar-refractivity contribution in [2.75, 3.05) is 11.1 Å². The van der Waals surface area contributed by atoms with Crippen LogP contribution in [-0.4, -0.2) is 12.2 Å². The van der Waals surface area contributed by atoms with Gasteiger partial charge in [-0.05, 0) is 31.5 Å². The molecule has 0 saturated heterocycles. The van der Waals surface area contributed by atoms with Crippen molar-refractivity contribution in [3.05, 3.63) is 23.8 Å². The van der Waals surface area contributed by atoms with Crippen LogP contribution in [0.25, 0.3) is 0 Å². The van der Waals surface area contributed by atoms with Crippen molar-refractivity contribution in [2.24, 2.45) is 0 Å². The fourth-order valence-corrected chi connectivity index (χ4v) is 1.46. The Kier molecular flexibility index (Phi) is 3.67. The summed E-state index contributed by atoms with van der Waals surface area (Å²) in [5.41, 5.74) is 7.63. The van der Waals surface area contributed by atoms with E-state index in [9.17, 15) is 13.2 Å². The summed E-state index contributed by atoms with van der Waals surface area (Å²) in [6.45, 7) is 3.32. The molecule has 0 fully saturated rings. The van der Waals surface area contributed by atoms with E-state index < -0.39 is 18.6 Å². The zero-order valence-electron chi connectivity index (χ0n) is 9.23. The maximum absolute atomic E-state index is 12.1. The van der Waals surface area contributed by atoms with Gasteiger partial charge in [0.2, 0.25) is 0 Å². The number of halogens is 3. The van der Waals surface area contributed by atoms with Crippen molar-refractivity contribution in [1.82, 2.24) is 0 Å². The third kappa shape index (κ3) is 4.00. The molecule has 1 aromatic rings. The van der Waals surface area contributed by atoms with Crippen LogP contribution in [0.4, 0.5) is 24.5 Å². The SMILES string of the molecule is Cc1ccc(N)cc1NC(C)CC(F)(F)F. The van der Waals surface area contributed by atoms with Crippen LogP contribution >= 0.6 is 0 Å². The van der Waals surface area contributed by atoms with Gasteiger partial charge in [0.25, 0.3) is 0 Å². The highest BCUT2D eigenvalue weighted by Crippen LogP contribution is 2.25. The molecule has 0 aliphatic rings. The highest BCUT2D eigenvalue weighted by atomic mass is 19.4. The summed E-state index contributed by atoms with van der Waals surface area (Å²) in [6.07, 6.45) is -5.01. The number of hydrogen-bond acceptors (Lipinski definition) is 2. The van der Waals surface area contributed by atoms with Crippen molar-refractivity contribution in [2.45, 2.75) is 32.5 Å². The first-order valence-electron chi connectivity index (χ1n) is 4.97. The minimum atomic E-state index is -4.15. The summed E-state index contributed by atoms with van der Waals surface area (Å²) in [5, 5.41) is 2.81. The van der Waals surface area contributed by atoms with Gasteiger partial charge < -0.3 is 11.1 Å². The largest absolute Gasteiger partial charge is 0.399 e. The Morgan fingerprint density at radius 1 is 1.38 bits per heavy atom. The van der Waals surface area contributed by atoms with Crippen LogP contribution in [0.1, 0.15) is 18.9 Å². The zero-order chi connectivity index (χ0) is 12.3. The Bertz CT molecular complexity index is 361. The molecule has 1 rings (SSSR count). The molecule has 16 heavy (non-hydrogen) atoms. The Hall–Kier alpha value is -1.39. The molecule has 3 N–H and O–H groups in total. The number of aryl methyl sites for hydroxylation is 1. The lowest BCUT2D eigenvalue weighted by atomic mass is 10.1. The van der Waals surface area contributed by atoms with Crippen LogP contribution in [0, 0.1) is 6.92 Å². The van der Waals surface area contributed by atoms with Gasteiger partial charge in [-0.2, -0.15) is 13.2 Å². The normalized spacial score (nSPS) is 13.6. The molecule has 1 unspecified atom stereocenters. The average molecular weight is 232 g/mol. The van der Waals surface area contributed by atoms with Gasteiger partial charge in [-0.15, -0.1) is 0 Å². The lowest BCUT2D eigenvalue weighted by molar-refractivity contribution is -0.136. The van der Waals surface area contributed by atoms with Crippen molar-refractivity contribution >= 4 is 11.4 Å². The van der Waals surface area contributed by atoms with Crippen molar-refractivity contribution in [1.29, 1.82) is 0 Å². The molecule has 0 bridgehead atoms. The summed E-state index contributed by atoms with van der Waals surface area (Å²) in [6, 6.07) is 4.47. The lowest BCUT2D eigenvalue weighted by Gasteiger charge is -2.18. The lowest BCUT2D eigenvalue weighted by Crippen LogP contribution is -2.24. The third-order valence-corrected chi connectivity index (χ3v) is 2.20. The van der Waals surface area contributed by atoms with Gasteiger partial charge in [-0.3, -0.25) is 0 Å². The van der Waals surface area contributed by atoms with E-state index in [0.29, 0.717) is 11.4 Å².